The minimum Gasteiger partial charge on any atom is -0.390 e. The summed E-state index contributed by atoms with van der Waals surface area (Å²) in [5, 5.41) is 14.2. The molecule has 2 N–H and O–H groups in total. The van der Waals surface area contributed by atoms with Crippen molar-refractivity contribution in [1.82, 2.24) is 0 Å². The molecule has 0 aromatic heterocycles. The molecule has 0 saturated heterocycles. The highest BCUT2D eigenvalue weighted by molar-refractivity contribution is 5.53. The Bertz CT molecular complexity index is 409. The zero-order valence-electron chi connectivity index (χ0n) is 11.0. The van der Waals surface area contributed by atoms with Gasteiger partial charge in [0.25, 0.3) is 0 Å². The van der Waals surface area contributed by atoms with Crippen molar-refractivity contribution in [3.8, 4) is 0 Å². The molecule has 1 aromatic carbocycles. The number of nitrogens with one attached hydrogen (secondary N) is 1. The highest BCUT2D eigenvalue weighted by Gasteiger charge is 2.33. The molecule has 0 bridgehead atoms. The van der Waals surface area contributed by atoms with Crippen molar-refractivity contribution in [2.24, 2.45) is 0 Å². The highest BCUT2D eigenvalue weighted by atomic mass is 16.3. The van der Waals surface area contributed by atoms with Gasteiger partial charge in [-0.3, -0.25) is 0 Å². The summed E-state index contributed by atoms with van der Waals surface area (Å²) in [6.07, 6.45) is 8.88. The van der Waals surface area contributed by atoms with Gasteiger partial charge in [0, 0.05) is 11.7 Å². The molecule has 18 heavy (non-hydrogen) atoms. The lowest BCUT2D eigenvalue weighted by atomic mass is 9.79. The first-order valence-electron chi connectivity index (χ1n) is 7.32. The molecule has 1 aliphatic heterocycles. The summed E-state index contributed by atoms with van der Waals surface area (Å²) in [6.45, 7) is 0. The Morgan fingerprint density at radius 3 is 2.78 bits per heavy atom. The minimum absolute atomic E-state index is 0.401. The molecular weight excluding hydrogens is 222 g/mol. The Labute approximate surface area is 109 Å². The van der Waals surface area contributed by atoms with Gasteiger partial charge in [-0.1, -0.05) is 37.5 Å². The zero-order valence-corrected chi connectivity index (χ0v) is 11.0. The van der Waals surface area contributed by atoms with Gasteiger partial charge in [0.15, 0.2) is 0 Å². The predicted octanol–water partition coefficient (Wildman–Crippen LogP) is 3.50. The lowest BCUT2D eigenvalue weighted by Gasteiger charge is -2.37. The van der Waals surface area contributed by atoms with Crippen molar-refractivity contribution >= 4 is 5.69 Å². The van der Waals surface area contributed by atoms with Crippen LogP contribution in [0.2, 0.25) is 0 Å². The third-order valence-electron chi connectivity index (χ3n) is 4.55. The topological polar surface area (TPSA) is 32.3 Å². The first-order valence-corrected chi connectivity index (χ1v) is 7.32. The Morgan fingerprint density at radius 1 is 1.17 bits per heavy atom. The fourth-order valence-corrected chi connectivity index (χ4v) is 3.53. The van der Waals surface area contributed by atoms with Crippen molar-refractivity contribution in [2.75, 3.05) is 5.32 Å². The molecule has 2 nitrogen and oxygen atoms in total. The molecule has 0 spiro atoms. The van der Waals surface area contributed by atoms with Crippen LogP contribution in [0.5, 0.6) is 0 Å². The van der Waals surface area contributed by atoms with Gasteiger partial charge in [0.05, 0.1) is 5.60 Å². The molecule has 1 heterocycles. The van der Waals surface area contributed by atoms with Gasteiger partial charge >= 0.3 is 0 Å². The van der Waals surface area contributed by atoms with Crippen molar-refractivity contribution in [1.29, 1.82) is 0 Å². The highest BCUT2D eigenvalue weighted by Crippen LogP contribution is 2.35. The zero-order chi connectivity index (χ0) is 12.4. The van der Waals surface area contributed by atoms with Gasteiger partial charge in [0.2, 0.25) is 0 Å². The average Bonchev–Trinajstić information content (AvgIpc) is 2.39. The summed E-state index contributed by atoms with van der Waals surface area (Å²) < 4.78 is 0. The number of fused-ring (bicyclic) bond motifs is 1. The fraction of sp³-hybridized carbons (Fsp3) is 0.625. The van der Waals surface area contributed by atoms with E-state index in [0.29, 0.717) is 6.04 Å². The summed E-state index contributed by atoms with van der Waals surface area (Å²) in [4.78, 5) is 0. The van der Waals surface area contributed by atoms with E-state index in [0.717, 1.165) is 32.1 Å². The summed E-state index contributed by atoms with van der Waals surface area (Å²) in [7, 11) is 0. The molecule has 0 unspecified atom stereocenters. The van der Waals surface area contributed by atoms with E-state index in [1.165, 1.54) is 30.5 Å². The van der Waals surface area contributed by atoms with Gasteiger partial charge in [-0.15, -0.1) is 0 Å². The number of hydrogen-bond acceptors (Lipinski definition) is 2. The first-order chi connectivity index (χ1) is 8.75. The Kier molecular flexibility index (Phi) is 3.29. The van der Waals surface area contributed by atoms with Gasteiger partial charge in [-0.25, -0.2) is 0 Å². The second-order valence-corrected chi connectivity index (χ2v) is 6.03. The van der Waals surface area contributed by atoms with Crippen LogP contribution in [0.15, 0.2) is 24.3 Å². The van der Waals surface area contributed by atoms with Crippen LogP contribution in [-0.4, -0.2) is 16.7 Å². The van der Waals surface area contributed by atoms with Crippen LogP contribution in [0.25, 0.3) is 0 Å². The van der Waals surface area contributed by atoms with Crippen LogP contribution in [-0.2, 0) is 6.42 Å². The van der Waals surface area contributed by atoms with Crippen LogP contribution in [0.1, 0.15) is 50.5 Å². The van der Waals surface area contributed by atoms with Crippen molar-refractivity contribution in [2.45, 2.75) is 63.0 Å². The van der Waals surface area contributed by atoms with E-state index in [4.69, 9.17) is 0 Å². The number of anilines is 1. The van der Waals surface area contributed by atoms with Gasteiger partial charge in [0.1, 0.15) is 0 Å². The number of aryl methyl sites for hydroxylation is 1. The maximum atomic E-state index is 10.6. The molecule has 2 aliphatic rings. The maximum absolute atomic E-state index is 10.6. The molecule has 1 saturated carbocycles. The molecule has 1 aliphatic carbocycles. The fourth-order valence-electron chi connectivity index (χ4n) is 3.53. The van der Waals surface area contributed by atoms with Crippen molar-refractivity contribution in [3.05, 3.63) is 29.8 Å². The van der Waals surface area contributed by atoms with Crippen LogP contribution < -0.4 is 5.32 Å². The minimum atomic E-state index is -0.401. The predicted molar refractivity (Wildman–Crippen MR) is 74.8 cm³/mol. The Balaban J connectivity index is 1.65. The summed E-state index contributed by atoms with van der Waals surface area (Å²) in [5.41, 5.74) is 2.29. The molecule has 1 aromatic rings. The SMILES string of the molecule is OC1(C[C@H]2CCc3ccccc3N2)CCCCC1. The summed E-state index contributed by atoms with van der Waals surface area (Å²) in [6, 6.07) is 9.00. The first kappa shape index (κ1) is 12.0. The van der Waals surface area contributed by atoms with Crippen LogP contribution in [0, 0.1) is 0 Å². The van der Waals surface area contributed by atoms with Gasteiger partial charge < -0.3 is 10.4 Å². The standard InChI is InChI=1S/C16H23NO/c18-16(10-4-1-5-11-16)12-14-9-8-13-6-2-3-7-15(13)17-14/h2-3,6-7,14,17-18H,1,4-5,8-12H2/t14-/m1/s1. The molecule has 0 amide bonds. The second kappa shape index (κ2) is 4.93. The smallest absolute Gasteiger partial charge is 0.0667 e. The lowest BCUT2D eigenvalue weighted by molar-refractivity contribution is -0.00842. The number of para-hydroxylation sites is 1. The van der Waals surface area contributed by atoms with E-state index in [2.05, 4.69) is 29.6 Å². The molecular formula is C16H23NO. The normalized spacial score (nSPS) is 26.2. The van der Waals surface area contributed by atoms with Gasteiger partial charge in [-0.2, -0.15) is 0 Å². The number of hydrogen-bond donors (Lipinski definition) is 2. The maximum Gasteiger partial charge on any atom is 0.0667 e. The quantitative estimate of drug-likeness (QED) is 0.836. The second-order valence-electron chi connectivity index (χ2n) is 6.03. The molecule has 1 fully saturated rings. The monoisotopic (exact) mass is 245 g/mol. The van der Waals surface area contributed by atoms with E-state index in [1.54, 1.807) is 0 Å². The van der Waals surface area contributed by atoms with Gasteiger partial charge in [-0.05, 0) is 43.7 Å². The number of benzene rings is 1. The van der Waals surface area contributed by atoms with Crippen LogP contribution in [0.4, 0.5) is 5.69 Å². The Hall–Kier alpha value is -1.02. The molecule has 1 atom stereocenters. The molecule has 0 radical (unpaired) electrons. The Morgan fingerprint density at radius 2 is 1.94 bits per heavy atom. The summed E-state index contributed by atoms with van der Waals surface area (Å²) in [5.74, 6) is 0. The van der Waals surface area contributed by atoms with E-state index < -0.39 is 5.60 Å². The lowest BCUT2D eigenvalue weighted by Crippen LogP contribution is -2.39. The number of rotatable bonds is 2. The van der Waals surface area contributed by atoms with E-state index in [1.807, 2.05) is 0 Å². The van der Waals surface area contributed by atoms with Crippen LogP contribution >= 0.6 is 0 Å². The molecule has 3 rings (SSSR count). The van der Waals surface area contributed by atoms with E-state index >= 15 is 0 Å². The van der Waals surface area contributed by atoms with Crippen molar-refractivity contribution < 1.29 is 5.11 Å². The van der Waals surface area contributed by atoms with Crippen LogP contribution in [0.3, 0.4) is 0 Å². The van der Waals surface area contributed by atoms with Crippen molar-refractivity contribution in [3.63, 3.8) is 0 Å². The molecule has 98 valence electrons. The third kappa shape index (κ3) is 2.54. The number of aliphatic hydroxyl groups is 1. The molecule has 2 heteroatoms. The average molecular weight is 245 g/mol. The third-order valence-corrected chi connectivity index (χ3v) is 4.55. The van der Waals surface area contributed by atoms with E-state index in [9.17, 15) is 5.11 Å². The summed E-state index contributed by atoms with van der Waals surface area (Å²) >= 11 is 0. The van der Waals surface area contributed by atoms with E-state index in [-0.39, 0.29) is 0 Å². The largest absolute Gasteiger partial charge is 0.390 e.